The Balaban J connectivity index is 2.03. The van der Waals surface area contributed by atoms with Gasteiger partial charge in [0.2, 0.25) is 5.91 Å². The largest absolute Gasteiger partial charge is 0.343 e. The van der Waals surface area contributed by atoms with Crippen LogP contribution in [0.4, 0.5) is 0 Å². The SMILES string of the molecule is C[NH+](C)C[C@@H](NC(=O)Cc1ccc(Br)cc1)c1ccccc1. The Morgan fingerprint density at radius 2 is 1.73 bits per heavy atom. The first-order chi connectivity index (χ1) is 10.5. The molecule has 22 heavy (non-hydrogen) atoms. The maximum absolute atomic E-state index is 12.3. The second-order valence-corrected chi connectivity index (χ2v) is 6.66. The van der Waals surface area contributed by atoms with E-state index in [9.17, 15) is 4.79 Å². The van der Waals surface area contributed by atoms with Crippen molar-refractivity contribution in [3.63, 3.8) is 0 Å². The van der Waals surface area contributed by atoms with Gasteiger partial charge in [-0.2, -0.15) is 0 Å². The number of halogens is 1. The van der Waals surface area contributed by atoms with Gasteiger partial charge >= 0.3 is 0 Å². The fraction of sp³-hybridized carbons (Fsp3) is 0.278. The molecular weight excluding hydrogens is 340 g/mol. The van der Waals surface area contributed by atoms with Gasteiger partial charge in [0.05, 0.1) is 20.5 Å². The average molecular weight is 362 g/mol. The summed E-state index contributed by atoms with van der Waals surface area (Å²) in [5, 5.41) is 3.16. The molecule has 0 fully saturated rings. The zero-order valence-electron chi connectivity index (χ0n) is 13.0. The van der Waals surface area contributed by atoms with Gasteiger partial charge in [0.15, 0.2) is 0 Å². The molecule has 116 valence electrons. The van der Waals surface area contributed by atoms with Gasteiger partial charge in [0.1, 0.15) is 12.6 Å². The van der Waals surface area contributed by atoms with Crippen molar-refractivity contribution >= 4 is 21.8 Å². The first-order valence-electron chi connectivity index (χ1n) is 7.42. The van der Waals surface area contributed by atoms with Crippen LogP contribution in [0.2, 0.25) is 0 Å². The lowest BCUT2D eigenvalue weighted by Crippen LogP contribution is -3.06. The third-order valence-electron chi connectivity index (χ3n) is 3.43. The van der Waals surface area contributed by atoms with Gasteiger partial charge in [-0.15, -0.1) is 0 Å². The number of quaternary nitrogens is 1. The summed E-state index contributed by atoms with van der Waals surface area (Å²) in [5.41, 5.74) is 2.16. The van der Waals surface area contributed by atoms with Crippen molar-refractivity contribution in [3.8, 4) is 0 Å². The van der Waals surface area contributed by atoms with Gasteiger partial charge in [0.25, 0.3) is 0 Å². The third kappa shape index (κ3) is 5.28. The molecule has 2 aromatic carbocycles. The maximum atomic E-state index is 12.3. The molecule has 1 amide bonds. The minimum atomic E-state index is 0.0362. The molecule has 0 aromatic heterocycles. The smallest absolute Gasteiger partial charge is 0.225 e. The molecule has 0 radical (unpaired) electrons. The summed E-state index contributed by atoms with van der Waals surface area (Å²) in [6, 6.07) is 18.0. The van der Waals surface area contributed by atoms with E-state index in [0.29, 0.717) is 6.42 Å². The number of hydrogen-bond acceptors (Lipinski definition) is 1. The predicted molar refractivity (Wildman–Crippen MR) is 92.8 cm³/mol. The Hall–Kier alpha value is -1.65. The Morgan fingerprint density at radius 1 is 1.09 bits per heavy atom. The van der Waals surface area contributed by atoms with Crippen molar-refractivity contribution in [3.05, 3.63) is 70.2 Å². The van der Waals surface area contributed by atoms with Crippen molar-refractivity contribution in [2.45, 2.75) is 12.5 Å². The van der Waals surface area contributed by atoms with Crippen molar-refractivity contribution in [2.75, 3.05) is 20.6 Å². The van der Waals surface area contributed by atoms with Crippen LogP contribution in [-0.4, -0.2) is 26.5 Å². The van der Waals surface area contributed by atoms with Gasteiger partial charge < -0.3 is 10.2 Å². The first-order valence-corrected chi connectivity index (χ1v) is 8.21. The van der Waals surface area contributed by atoms with Crippen LogP contribution in [0, 0.1) is 0 Å². The highest BCUT2D eigenvalue weighted by Crippen LogP contribution is 2.13. The van der Waals surface area contributed by atoms with E-state index in [1.807, 2.05) is 42.5 Å². The Bertz CT molecular complexity index is 596. The van der Waals surface area contributed by atoms with Crippen LogP contribution in [0.5, 0.6) is 0 Å². The second-order valence-electron chi connectivity index (χ2n) is 5.75. The first kappa shape index (κ1) is 16.7. The minimum Gasteiger partial charge on any atom is -0.343 e. The van der Waals surface area contributed by atoms with Crippen LogP contribution in [0.25, 0.3) is 0 Å². The number of likely N-dealkylation sites (N-methyl/N-ethyl adjacent to an activating group) is 1. The van der Waals surface area contributed by atoms with Gasteiger partial charge in [-0.1, -0.05) is 58.4 Å². The molecule has 4 heteroatoms. The number of hydrogen-bond donors (Lipinski definition) is 2. The van der Waals surface area contributed by atoms with E-state index < -0.39 is 0 Å². The highest BCUT2D eigenvalue weighted by atomic mass is 79.9. The summed E-state index contributed by atoms with van der Waals surface area (Å²) in [6.45, 7) is 0.857. The average Bonchev–Trinajstić information content (AvgIpc) is 2.49. The molecule has 0 aliphatic rings. The Morgan fingerprint density at radius 3 is 2.32 bits per heavy atom. The van der Waals surface area contributed by atoms with Crippen LogP contribution in [0.15, 0.2) is 59.1 Å². The van der Waals surface area contributed by atoms with E-state index >= 15 is 0 Å². The quantitative estimate of drug-likeness (QED) is 0.810. The van der Waals surface area contributed by atoms with Gasteiger partial charge in [-0.25, -0.2) is 0 Å². The third-order valence-corrected chi connectivity index (χ3v) is 3.96. The van der Waals surface area contributed by atoms with Crippen molar-refractivity contribution in [1.29, 1.82) is 0 Å². The lowest BCUT2D eigenvalue weighted by Gasteiger charge is -2.21. The van der Waals surface area contributed by atoms with Crippen LogP contribution in [-0.2, 0) is 11.2 Å². The molecule has 0 saturated heterocycles. The fourth-order valence-electron chi connectivity index (χ4n) is 2.38. The number of carbonyl (C=O) groups is 1. The number of carbonyl (C=O) groups excluding carboxylic acids is 1. The van der Waals surface area contributed by atoms with Crippen molar-refractivity contribution in [1.82, 2.24) is 5.32 Å². The summed E-state index contributed by atoms with van der Waals surface area (Å²) >= 11 is 3.41. The fourth-order valence-corrected chi connectivity index (χ4v) is 2.64. The number of rotatable bonds is 6. The normalized spacial score (nSPS) is 12.2. The van der Waals surface area contributed by atoms with Crippen LogP contribution < -0.4 is 10.2 Å². The lowest BCUT2D eigenvalue weighted by atomic mass is 10.1. The van der Waals surface area contributed by atoms with Crippen molar-refractivity contribution < 1.29 is 9.69 Å². The second kappa shape index (κ2) is 8.11. The number of benzene rings is 2. The Labute approximate surface area is 140 Å². The maximum Gasteiger partial charge on any atom is 0.225 e. The molecule has 0 aliphatic heterocycles. The zero-order valence-corrected chi connectivity index (χ0v) is 14.6. The highest BCUT2D eigenvalue weighted by Gasteiger charge is 2.17. The zero-order chi connectivity index (χ0) is 15.9. The summed E-state index contributed by atoms with van der Waals surface area (Å²) in [5.74, 6) is 0.0532. The van der Waals surface area contributed by atoms with Gasteiger partial charge in [-0.05, 0) is 23.3 Å². The highest BCUT2D eigenvalue weighted by molar-refractivity contribution is 9.10. The standard InChI is InChI=1S/C18H21BrN2O/c1-21(2)13-17(15-6-4-3-5-7-15)20-18(22)12-14-8-10-16(19)11-9-14/h3-11,17H,12-13H2,1-2H3,(H,20,22)/p+1/t17-/m1/s1. The van der Waals surface area contributed by atoms with E-state index in [2.05, 4.69) is 47.5 Å². The molecule has 2 aromatic rings. The molecule has 0 bridgehead atoms. The van der Waals surface area contributed by atoms with Crippen LogP contribution >= 0.6 is 15.9 Å². The molecule has 0 spiro atoms. The number of nitrogens with one attached hydrogen (secondary N) is 2. The summed E-state index contributed by atoms with van der Waals surface area (Å²) in [4.78, 5) is 13.6. The topological polar surface area (TPSA) is 33.5 Å². The number of amides is 1. The molecule has 0 saturated carbocycles. The van der Waals surface area contributed by atoms with E-state index in [1.54, 1.807) is 0 Å². The monoisotopic (exact) mass is 361 g/mol. The molecule has 0 aliphatic carbocycles. The lowest BCUT2D eigenvalue weighted by molar-refractivity contribution is -0.860. The van der Waals surface area contributed by atoms with E-state index in [1.165, 1.54) is 4.90 Å². The van der Waals surface area contributed by atoms with E-state index in [4.69, 9.17) is 0 Å². The molecular formula is C18H22BrN2O+. The summed E-state index contributed by atoms with van der Waals surface area (Å²) < 4.78 is 1.02. The van der Waals surface area contributed by atoms with Crippen molar-refractivity contribution in [2.24, 2.45) is 0 Å². The van der Waals surface area contributed by atoms with Gasteiger partial charge in [-0.3, -0.25) is 4.79 Å². The summed E-state index contributed by atoms with van der Waals surface area (Å²) in [6.07, 6.45) is 0.402. The minimum absolute atomic E-state index is 0.0362. The van der Waals surface area contributed by atoms with Gasteiger partial charge in [0, 0.05) is 4.47 Å². The molecule has 0 unspecified atom stereocenters. The Kier molecular flexibility index (Phi) is 6.16. The van der Waals surface area contributed by atoms with E-state index in [0.717, 1.165) is 22.1 Å². The van der Waals surface area contributed by atoms with E-state index in [-0.39, 0.29) is 11.9 Å². The molecule has 1 atom stereocenters. The predicted octanol–water partition coefficient (Wildman–Crippen LogP) is 1.99. The molecule has 2 rings (SSSR count). The molecule has 3 nitrogen and oxygen atoms in total. The molecule has 2 N–H and O–H groups in total. The van der Waals surface area contributed by atoms with Crippen LogP contribution in [0.3, 0.4) is 0 Å². The summed E-state index contributed by atoms with van der Waals surface area (Å²) in [7, 11) is 4.19. The molecule has 0 heterocycles. The van der Waals surface area contributed by atoms with Crippen LogP contribution in [0.1, 0.15) is 17.2 Å².